The van der Waals surface area contributed by atoms with Gasteiger partial charge >= 0.3 is 16.6 Å². The third kappa shape index (κ3) is 3.31. The number of benzene rings is 1. The van der Waals surface area contributed by atoms with Crippen molar-refractivity contribution < 1.29 is 22.3 Å². The van der Waals surface area contributed by atoms with Crippen LogP contribution in [-0.2, 0) is 10.5 Å². The van der Waals surface area contributed by atoms with E-state index in [-0.39, 0.29) is 5.75 Å². The van der Waals surface area contributed by atoms with E-state index in [4.69, 9.17) is 0 Å². The van der Waals surface area contributed by atoms with Crippen molar-refractivity contribution in [2.24, 2.45) is 4.36 Å². The van der Waals surface area contributed by atoms with Gasteiger partial charge < -0.3 is 4.74 Å². The molecule has 5 nitrogen and oxygen atoms in total. The van der Waals surface area contributed by atoms with E-state index in [1.54, 1.807) is 0 Å². The van der Waals surface area contributed by atoms with Crippen LogP contribution in [0.3, 0.4) is 0 Å². The van der Waals surface area contributed by atoms with E-state index >= 15 is 0 Å². The normalized spacial score (nSPS) is 9.21. The lowest BCUT2D eigenvalue weighted by Crippen LogP contribution is -2.01. The topological polar surface area (TPSA) is 72.8 Å². The highest BCUT2D eigenvalue weighted by atomic mass is 32.2. The summed E-state index contributed by atoms with van der Waals surface area (Å²) in [6, 6.07) is 4.49. The molecule has 0 saturated carbocycles. The molecule has 1 aromatic carbocycles. The number of ether oxygens (including phenoxy) is 1. The molecule has 0 N–H and O–H groups in total. The Labute approximate surface area is 79.8 Å². The number of hydrogen-bond donors (Lipinski definition) is 0. The SMILES string of the molecule is O=C(N=S(=O)=O)Oc1ccc(F)cc1. The first kappa shape index (κ1) is 10.3. The Hall–Kier alpha value is -1.76. The molecule has 0 unspecified atom stereocenters. The summed E-state index contributed by atoms with van der Waals surface area (Å²) >= 11 is 0. The van der Waals surface area contributed by atoms with Crippen LogP contribution in [-0.4, -0.2) is 14.5 Å². The minimum absolute atomic E-state index is 0.0191. The van der Waals surface area contributed by atoms with E-state index in [0.717, 1.165) is 12.1 Å². The average molecular weight is 217 g/mol. The highest BCUT2D eigenvalue weighted by Crippen LogP contribution is 2.11. The van der Waals surface area contributed by atoms with Gasteiger partial charge in [-0.05, 0) is 24.3 Å². The predicted molar refractivity (Wildman–Crippen MR) is 43.8 cm³/mol. The molecule has 1 amide bonds. The summed E-state index contributed by atoms with van der Waals surface area (Å²) in [6.45, 7) is 0. The van der Waals surface area contributed by atoms with Gasteiger partial charge in [-0.1, -0.05) is 4.36 Å². The molecule has 7 heteroatoms. The molecule has 0 aromatic heterocycles. The van der Waals surface area contributed by atoms with Crippen molar-refractivity contribution in [2.75, 3.05) is 0 Å². The van der Waals surface area contributed by atoms with Crippen LogP contribution in [0.4, 0.5) is 9.18 Å². The predicted octanol–water partition coefficient (Wildman–Crippen LogP) is 1.39. The van der Waals surface area contributed by atoms with Gasteiger partial charge in [-0.2, -0.15) is 8.42 Å². The van der Waals surface area contributed by atoms with Gasteiger partial charge in [-0.3, -0.25) is 0 Å². The van der Waals surface area contributed by atoms with Crippen molar-refractivity contribution >= 4 is 16.6 Å². The van der Waals surface area contributed by atoms with Gasteiger partial charge in [0, 0.05) is 0 Å². The first-order valence-electron chi connectivity index (χ1n) is 3.36. The Bertz CT molecular complexity index is 457. The minimum atomic E-state index is -2.85. The summed E-state index contributed by atoms with van der Waals surface area (Å²) in [6.07, 6.45) is -1.27. The first-order chi connectivity index (χ1) is 6.58. The van der Waals surface area contributed by atoms with Crippen LogP contribution in [0, 0.1) is 5.82 Å². The van der Waals surface area contributed by atoms with Gasteiger partial charge in [0.1, 0.15) is 11.6 Å². The van der Waals surface area contributed by atoms with Crippen LogP contribution < -0.4 is 4.74 Å². The fourth-order valence-corrected chi connectivity index (χ4v) is 0.842. The van der Waals surface area contributed by atoms with Crippen molar-refractivity contribution in [3.8, 4) is 5.75 Å². The van der Waals surface area contributed by atoms with Crippen LogP contribution in [0.5, 0.6) is 5.75 Å². The van der Waals surface area contributed by atoms with Gasteiger partial charge in [-0.15, -0.1) is 0 Å². The average Bonchev–Trinajstić information content (AvgIpc) is 2.07. The zero-order valence-corrected chi connectivity index (χ0v) is 7.49. The number of amides is 1. The maximum absolute atomic E-state index is 12.4. The number of carbonyl (C=O) groups excluding carboxylic acids is 1. The van der Waals surface area contributed by atoms with Crippen LogP contribution in [0.1, 0.15) is 0 Å². The maximum atomic E-state index is 12.4. The van der Waals surface area contributed by atoms with Gasteiger partial charge in [0.05, 0.1) is 0 Å². The standard InChI is InChI=1S/C7H4FNO4S/c8-5-1-3-6(4-2-5)13-7(10)9-14(11)12/h1-4H. The molecule has 0 spiro atoms. The second-order valence-electron chi connectivity index (χ2n) is 2.13. The molecule has 1 rings (SSSR count). The Morgan fingerprint density at radius 3 is 2.36 bits per heavy atom. The largest absolute Gasteiger partial charge is 0.454 e. The number of nitrogens with zero attached hydrogens (tertiary/aromatic N) is 1. The Balaban J connectivity index is 2.75. The lowest BCUT2D eigenvalue weighted by molar-refractivity contribution is 0.211. The third-order valence-corrected chi connectivity index (χ3v) is 1.47. The molecule has 0 heterocycles. The highest BCUT2D eigenvalue weighted by molar-refractivity contribution is 7.62. The molecular weight excluding hydrogens is 213 g/mol. The molecule has 1 aromatic rings. The lowest BCUT2D eigenvalue weighted by atomic mass is 10.3. The quantitative estimate of drug-likeness (QED) is 0.712. The molecule has 0 atom stereocenters. The molecule has 0 radical (unpaired) electrons. The van der Waals surface area contributed by atoms with Crippen molar-refractivity contribution in [1.82, 2.24) is 0 Å². The molecule has 0 aliphatic heterocycles. The molecule has 0 aliphatic rings. The highest BCUT2D eigenvalue weighted by Gasteiger charge is 2.02. The third-order valence-electron chi connectivity index (χ3n) is 1.17. The van der Waals surface area contributed by atoms with Crippen LogP contribution in [0.2, 0.25) is 0 Å². The van der Waals surface area contributed by atoms with Crippen LogP contribution >= 0.6 is 0 Å². The van der Waals surface area contributed by atoms with Crippen molar-refractivity contribution in [1.29, 1.82) is 0 Å². The second kappa shape index (κ2) is 4.47. The molecule has 74 valence electrons. The van der Waals surface area contributed by atoms with Crippen molar-refractivity contribution in [3.05, 3.63) is 30.1 Å². The van der Waals surface area contributed by atoms with Crippen molar-refractivity contribution in [3.63, 3.8) is 0 Å². The number of carbonyl (C=O) groups is 1. The second-order valence-corrected chi connectivity index (χ2v) is 2.75. The fourth-order valence-electron chi connectivity index (χ4n) is 0.683. The molecular formula is C7H4FNO4S. The van der Waals surface area contributed by atoms with Crippen LogP contribution in [0.15, 0.2) is 28.6 Å². The molecule has 0 fully saturated rings. The molecule has 14 heavy (non-hydrogen) atoms. The van der Waals surface area contributed by atoms with Gasteiger partial charge in [-0.25, -0.2) is 9.18 Å². The Morgan fingerprint density at radius 1 is 1.29 bits per heavy atom. The summed E-state index contributed by atoms with van der Waals surface area (Å²) in [5, 5.41) is 0. The first-order valence-corrected chi connectivity index (χ1v) is 4.39. The van der Waals surface area contributed by atoms with E-state index < -0.39 is 22.4 Å². The van der Waals surface area contributed by atoms with E-state index in [9.17, 15) is 17.6 Å². The van der Waals surface area contributed by atoms with Gasteiger partial charge in [0.15, 0.2) is 0 Å². The smallest absolute Gasteiger partial charge is 0.408 e. The molecule has 0 aliphatic carbocycles. The van der Waals surface area contributed by atoms with E-state index in [1.807, 2.05) is 0 Å². The number of halogens is 1. The summed E-state index contributed by atoms with van der Waals surface area (Å²) in [4.78, 5) is 10.6. The van der Waals surface area contributed by atoms with E-state index in [1.165, 1.54) is 12.1 Å². The van der Waals surface area contributed by atoms with Gasteiger partial charge in [0.2, 0.25) is 0 Å². The van der Waals surface area contributed by atoms with Gasteiger partial charge in [0.25, 0.3) is 0 Å². The summed E-state index contributed by atoms with van der Waals surface area (Å²) in [5.74, 6) is -0.472. The summed E-state index contributed by atoms with van der Waals surface area (Å²) in [7, 11) is -2.85. The molecule has 0 saturated heterocycles. The zero-order valence-electron chi connectivity index (χ0n) is 6.68. The minimum Gasteiger partial charge on any atom is -0.408 e. The summed E-state index contributed by atoms with van der Waals surface area (Å²) < 4.78 is 39.2. The fraction of sp³-hybridized carbons (Fsp3) is 0. The summed E-state index contributed by atoms with van der Waals surface area (Å²) in [5.41, 5.74) is 0. The van der Waals surface area contributed by atoms with E-state index in [0.29, 0.717) is 0 Å². The van der Waals surface area contributed by atoms with Crippen LogP contribution in [0.25, 0.3) is 0 Å². The monoisotopic (exact) mass is 217 g/mol. The lowest BCUT2D eigenvalue weighted by Gasteiger charge is -1.97. The Kier molecular flexibility index (Phi) is 3.29. The van der Waals surface area contributed by atoms with Crippen molar-refractivity contribution in [2.45, 2.75) is 0 Å². The van der Waals surface area contributed by atoms with E-state index in [2.05, 4.69) is 9.10 Å². The number of hydrogen-bond acceptors (Lipinski definition) is 4. The maximum Gasteiger partial charge on any atom is 0.454 e. The zero-order chi connectivity index (χ0) is 10.6. The molecule has 0 bridgehead atoms. The Morgan fingerprint density at radius 2 is 1.86 bits per heavy atom. The number of rotatable bonds is 1.